The van der Waals surface area contributed by atoms with Crippen LogP contribution in [0.1, 0.15) is 57.8 Å². The van der Waals surface area contributed by atoms with Gasteiger partial charge < -0.3 is 24.8 Å². The van der Waals surface area contributed by atoms with Crippen molar-refractivity contribution in [2.75, 3.05) is 0 Å². The van der Waals surface area contributed by atoms with E-state index in [0.717, 1.165) is 0 Å². The first-order valence-corrected chi connectivity index (χ1v) is 10.6. The maximum atomic E-state index is 12.9. The van der Waals surface area contributed by atoms with Gasteiger partial charge in [-0.3, -0.25) is 4.79 Å². The summed E-state index contributed by atoms with van der Waals surface area (Å²) < 4.78 is 11.5. The monoisotopic (exact) mass is 432 g/mol. The zero-order valence-electron chi connectivity index (χ0n) is 18.7. The van der Waals surface area contributed by atoms with Gasteiger partial charge in [-0.2, -0.15) is 0 Å². The van der Waals surface area contributed by atoms with Gasteiger partial charge >= 0.3 is 11.9 Å². The van der Waals surface area contributed by atoms with E-state index in [9.17, 15) is 24.9 Å². The van der Waals surface area contributed by atoms with E-state index in [1.165, 1.54) is 31.2 Å². The SMILES string of the molecule is CC(=O)O[C@@H]1C[C@](C)(O)C[C@H](OC(=O)c2ccc(O)cc2)[C@H]2[C@@]1(C)C=C[C@]2(O)C(C)C. The van der Waals surface area contributed by atoms with Crippen molar-refractivity contribution < 1.29 is 34.4 Å². The van der Waals surface area contributed by atoms with Crippen LogP contribution >= 0.6 is 0 Å². The fraction of sp³-hybridized carbons (Fsp3) is 0.583. The summed E-state index contributed by atoms with van der Waals surface area (Å²) >= 11 is 0. The summed E-state index contributed by atoms with van der Waals surface area (Å²) in [6.07, 6.45) is 2.21. The second kappa shape index (κ2) is 7.95. The lowest BCUT2D eigenvalue weighted by Gasteiger charge is -2.45. The minimum atomic E-state index is -1.33. The standard InChI is InChI=1S/C24H32O7/c1-14(2)24(29)11-10-23(5)19(30-15(3)25)13-22(4,28)12-18(20(23)24)31-21(27)16-6-8-17(26)9-7-16/h6-11,14,18-20,26,28-29H,12-13H2,1-5H3/t18-,19+,20-,22+,23-,24-/m0/s1. The van der Waals surface area contributed by atoms with Crippen LogP contribution in [0.4, 0.5) is 0 Å². The van der Waals surface area contributed by atoms with Crippen LogP contribution in [-0.2, 0) is 14.3 Å². The number of ether oxygens (including phenoxy) is 2. The van der Waals surface area contributed by atoms with E-state index in [4.69, 9.17) is 9.47 Å². The molecule has 1 aromatic rings. The second-order valence-corrected chi connectivity index (χ2v) is 9.71. The Hall–Kier alpha value is -2.38. The van der Waals surface area contributed by atoms with E-state index in [-0.39, 0.29) is 30.1 Å². The summed E-state index contributed by atoms with van der Waals surface area (Å²) in [6, 6.07) is 5.69. The van der Waals surface area contributed by atoms with E-state index in [1.807, 2.05) is 26.8 Å². The topological polar surface area (TPSA) is 113 Å². The van der Waals surface area contributed by atoms with Crippen LogP contribution in [-0.4, -0.2) is 50.7 Å². The number of rotatable bonds is 4. The highest BCUT2D eigenvalue weighted by atomic mass is 16.6. The summed E-state index contributed by atoms with van der Waals surface area (Å²) in [5, 5.41) is 32.2. The molecule has 0 unspecified atom stereocenters. The number of aliphatic hydroxyl groups is 2. The highest BCUT2D eigenvalue weighted by molar-refractivity contribution is 5.89. The van der Waals surface area contributed by atoms with Gasteiger partial charge in [0.15, 0.2) is 0 Å². The lowest BCUT2D eigenvalue weighted by atomic mass is 9.65. The normalized spacial score (nSPS) is 37.2. The van der Waals surface area contributed by atoms with Crippen LogP contribution in [0.15, 0.2) is 36.4 Å². The van der Waals surface area contributed by atoms with Crippen molar-refractivity contribution in [2.45, 2.75) is 70.9 Å². The van der Waals surface area contributed by atoms with Crippen LogP contribution in [0, 0.1) is 17.3 Å². The first-order chi connectivity index (χ1) is 14.3. The molecule has 31 heavy (non-hydrogen) atoms. The molecule has 3 rings (SSSR count). The molecule has 6 atom stereocenters. The molecule has 1 fully saturated rings. The number of carbonyl (C=O) groups excluding carboxylic acids is 2. The molecule has 1 saturated carbocycles. The Labute approximate surface area is 182 Å². The summed E-state index contributed by atoms with van der Waals surface area (Å²) in [6.45, 7) is 8.55. The average molecular weight is 433 g/mol. The van der Waals surface area contributed by atoms with Crippen molar-refractivity contribution >= 4 is 11.9 Å². The Bertz CT molecular complexity index is 872. The van der Waals surface area contributed by atoms with Crippen molar-refractivity contribution in [3.05, 3.63) is 42.0 Å². The Kier molecular flexibility index (Phi) is 5.97. The van der Waals surface area contributed by atoms with Crippen molar-refractivity contribution in [1.29, 1.82) is 0 Å². The van der Waals surface area contributed by atoms with Gasteiger partial charge in [-0.05, 0) is 37.1 Å². The first-order valence-electron chi connectivity index (χ1n) is 10.6. The van der Waals surface area contributed by atoms with E-state index in [0.29, 0.717) is 0 Å². The summed E-state index contributed by atoms with van der Waals surface area (Å²) in [5.74, 6) is -1.92. The Morgan fingerprint density at radius 1 is 1.03 bits per heavy atom. The van der Waals surface area contributed by atoms with E-state index < -0.39 is 46.7 Å². The van der Waals surface area contributed by atoms with Crippen molar-refractivity contribution in [2.24, 2.45) is 17.3 Å². The van der Waals surface area contributed by atoms with Gasteiger partial charge in [-0.1, -0.05) is 32.9 Å². The highest BCUT2D eigenvalue weighted by Gasteiger charge is 2.63. The van der Waals surface area contributed by atoms with E-state index in [1.54, 1.807) is 13.0 Å². The zero-order valence-corrected chi connectivity index (χ0v) is 18.7. The molecule has 0 aliphatic heterocycles. The van der Waals surface area contributed by atoms with Crippen LogP contribution in [0.5, 0.6) is 5.75 Å². The second-order valence-electron chi connectivity index (χ2n) is 9.71. The number of aromatic hydroxyl groups is 1. The third kappa shape index (κ3) is 4.34. The number of esters is 2. The predicted octanol–water partition coefficient (Wildman–Crippen LogP) is 2.97. The minimum absolute atomic E-state index is 0.0277. The first kappa shape index (κ1) is 23.3. The quantitative estimate of drug-likeness (QED) is 0.495. The smallest absolute Gasteiger partial charge is 0.338 e. The Balaban J connectivity index is 2.05. The van der Waals surface area contributed by atoms with Crippen LogP contribution in [0.25, 0.3) is 0 Å². The summed E-state index contributed by atoms with van der Waals surface area (Å²) in [5.41, 5.74) is -3.23. The lowest BCUT2D eigenvalue weighted by molar-refractivity contribution is -0.162. The molecule has 7 heteroatoms. The highest BCUT2D eigenvalue weighted by Crippen LogP contribution is 2.56. The molecule has 2 aliphatic rings. The Morgan fingerprint density at radius 2 is 1.65 bits per heavy atom. The molecule has 0 radical (unpaired) electrons. The molecule has 7 nitrogen and oxygen atoms in total. The molecule has 170 valence electrons. The zero-order chi connectivity index (χ0) is 23.2. The fourth-order valence-electron chi connectivity index (χ4n) is 5.11. The fourth-order valence-corrected chi connectivity index (χ4v) is 5.11. The number of fused-ring (bicyclic) bond motifs is 1. The predicted molar refractivity (Wildman–Crippen MR) is 113 cm³/mol. The van der Waals surface area contributed by atoms with Gasteiger partial charge in [0.25, 0.3) is 0 Å². The number of phenols is 1. The number of hydrogen-bond acceptors (Lipinski definition) is 7. The van der Waals surface area contributed by atoms with Gasteiger partial charge in [-0.15, -0.1) is 0 Å². The van der Waals surface area contributed by atoms with Gasteiger partial charge in [0.05, 0.1) is 16.8 Å². The summed E-state index contributed by atoms with van der Waals surface area (Å²) in [4.78, 5) is 24.7. The number of phenolic OH excluding ortho intramolecular Hbond substituents is 1. The number of benzene rings is 1. The Morgan fingerprint density at radius 3 is 2.19 bits per heavy atom. The molecule has 0 spiro atoms. The minimum Gasteiger partial charge on any atom is -0.508 e. The van der Waals surface area contributed by atoms with Crippen molar-refractivity contribution in [3.63, 3.8) is 0 Å². The average Bonchev–Trinajstić information content (AvgIpc) is 2.89. The third-order valence-corrected chi connectivity index (χ3v) is 6.80. The maximum Gasteiger partial charge on any atom is 0.338 e. The molecular weight excluding hydrogens is 400 g/mol. The molecular formula is C24H32O7. The largest absolute Gasteiger partial charge is 0.508 e. The molecule has 0 aromatic heterocycles. The molecule has 3 N–H and O–H groups in total. The van der Waals surface area contributed by atoms with E-state index in [2.05, 4.69) is 0 Å². The van der Waals surface area contributed by atoms with Gasteiger partial charge in [0.1, 0.15) is 18.0 Å². The van der Waals surface area contributed by atoms with Crippen molar-refractivity contribution in [1.82, 2.24) is 0 Å². The van der Waals surface area contributed by atoms with E-state index >= 15 is 0 Å². The van der Waals surface area contributed by atoms with Crippen LogP contribution in [0.2, 0.25) is 0 Å². The molecule has 0 bridgehead atoms. The maximum absolute atomic E-state index is 12.9. The molecule has 1 aromatic carbocycles. The van der Waals surface area contributed by atoms with Crippen LogP contribution in [0.3, 0.4) is 0 Å². The van der Waals surface area contributed by atoms with Crippen LogP contribution < -0.4 is 0 Å². The number of carbonyl (C=O) groups is 2. The molecule has 0 amide bonds. The number of hydrogen-bond donors (Lipinski definition) is 3. The lowest BCUT2D eigenvalue weighted by Crippen LogP contribution is -2.53. The summed E-state index contributed by atoms with van der Waals surface area (Å²) in [7, 11) is 0. The van der Waals surface area contributed by atoms with Crippen molar-refractivity contribution in [3.8, 4) is 5.75 Å². The molecule has 0 saturated heterocycles. The molecule has 2 aliphatic carbocycles. The van der Waals surface area contributed by atoms with Gasteiger partial charge in [0.2, 0.25) is 0 Å². The third-order valence-electron chi connectivity index (χ3n) is 6.80. The van der Waals surface area contributed by atoms with Gasteiger partial charge in [-0.25, -0.2) is 4.79 Å². The molecule has 0 heterocycles. The van der Waals surface area contributed by atoms with Gasteiger partial charge in [0, 0.05) is 31.1 Å².